The maximum atomic E-state index is 6.23. The summed E-state index contributed by atoms with van der Waals surface area (Å²) in [5, 5.41) is 0.978. The van der Waals surface area contributed by atoms with Crippen molar-refractivity contribution in [3.63, 3.8) is 0 Å². The zero-order chi connectivity index (χ0) is 21.1. The van der Waals surface area contributed by atoms with Crippen LogP contribution in [0.15, 0.2) is 53.1 Å². The van der Waals surface area contributed by atoms with Gasteiger partial charge in [-0.3, -0.25) is 0 Å². The Kier molecular flexibility index (Phi) is 6.11. The van der Waals surface area contributed by atoms with Crippen LogP contribution in [0.2, 0.25) is 10.0 Å². The molecule has 2 aromatic heterocycles. The number of hydrogen-bond donors (Lipinski definition) is 1. The van der Waals surface area contributed by atoms with E-state index in [0.29, 0.717) is 29.0 Å². The zero-order valence-electron chi connectivity index (χ0n) is 16.7. The van der Waals surface area contributed by atoms with Crippen molar-refractivity contribution in [1.82, 2.24) is 15.0 Å². The molecule has 2 aromatic carbocycles. The number of nitrogens with one attached hydrogen (secondary N) is 1. The van der Waals surface area contributed by atoms with Gasteiger partial charge in [-0.15, -0.1) is 0 Å². The van der Waals surface area contributed by atoms with Crippen LogP contribution in [0.5, 0.6) is 5.75 Å². The summed E-state index contributed by atoms with van der Waals surface area (Å²) in [7, 11) is 0. The number of aromatic amines is 1. The number of oxazole rings is 1. The van der Waals surface area contributed by atoms with Crippen molar-refractivity contribution in [2.45, 2.75) is 26.7 Å². The minimum Gasteiger partial charge on any atom is -0.493 e. The molecule has 154 valence electrons. The van der Waals surface area contributed by atoms with Gasteiger partial charge in [-0.2, -0.15) is 0 Å². The number of aromatic nitrogens is 3. The lowest BCUT2D eigenvalue weighted by atomic mass is 10.1. The summed E-state index contributed by atoms with van der Waals surface area (Å²) in [6.45, 7) is 4.49. The smallest absolute Gasteiger partial charge is 0.245 e. The van der Waals surface area contributed by atoms with Gasteiger partial charge < -0.3 is 14.1 Å². The van der Waals surface area contributed by atoms with Gasteiger partial charge in [0.15, 0.2) is 0 Å². The molecule has 0 unspecified atom stereocenters. The van der Waals surface area contributed by atoms with Gasteiger partial charge >= 0.3 is 0 Å². The maximum absolute atomic E-state index is 6.23. The standard InChI is InChI=1S/C23H21Cl2N3O2/c1-14-6-3-4-7-20(14)29-11-5-8-21-22(16-9-10-17(24)18(25)12-16)28-23(30-21)19-13-26-15(2)27-19/h3-4,6-7,9-10,12-13H,5,8,11H2,1-2H3,(H,26,27). The van der Waals surface area contributed by atoms with Gasteiger partial charge in [-0.25, -0.2) is 9.97 Å². The number of hydrogen-bond acceptors (Lipinski definition) is 4. The molecular formula is C23H21Cl2N3O2. The van der Waals surface area contributed by atoms with E-state index in [1.807, 2.05) is 44.2 Å². The zero-order valence-corrected chi connectivity index (χ0v) is 18.2. The third-order valence-electron chi connectivity index (χ3n) is 4.72. The molecule has 5 nitrogen and oxygen atoms in total. The second kappa shape index (κ2) is 8.94. The highest BCUT2D eigenvalue weighted by atomic mass is 35.5. The van der Waals surface area contributed by atoms with Gasteiger partial charge in [0, 0.05) is 12.0 Å². The number of aryl methyl sites for hydroxylation is 3. The maximum Gasteiger partial charge on any atom is 0.245 e. The second-order valence-corrected chi connectivity index (χ2v) is 7.83. The predicted molar refractivity (Wildman–Crippen MR) is 119 cm³/mol. The summed E-state index contributed by atoms with van der Waals surface area (Å²) in [6, 6.07) is 13.4. The van der Waals surface area contributed by atoms with E-state index in [2.05, 4.69) is 9.97 Å². The third kappa shape index (κ3) is 4.53. The molecule has 4 rings (SSSR count). The Balaban J connectivity index is 1.56. The number of imidazole rings is 1. The summed E-state index contributed by atoms with van der Waals surface area (Å²) >= 11 is 12.3. The van der Waals surface area contributed by atoms with Crippen molar-refractivity contribution >= 4 is 23.2 Å². The fraction of sp³-hybridized carbons (Fsp3) is 0.217. The molecule has 0 atom stereocenters. The molecule has 0 bridgehead atoms. The Hall–Kier alpha value is -2.76. The molecule has 0 aliphatic heterocycles. The Labute approximate surface area is 185 Å². The number of benzene rings is 2. The van der Waals surface area contributed by atoms with Gasteiger partial charge in [0.1, 0.15) is 28.7 Å². The number of halogens is 2. The van der Waals surface area contributed by atoms with E-state index in [1.54, 1.807) is 18.3 Å². The van der Waals surface area contributed by atoms with Gasteiger partial charge in [0.25, 0.3) is 0 Å². The molecule has 30 heavy (non-hydrogen) atoms. The molecule has 7 heteroatoms. The van der Waals surface area contributed by atoms with Crippen LogP contribution >= 0.6 is 23.2 Å². The van der Waals surface area contributed by atoms with Crippen LogP contribution in [0.3, 0.4) is 0 Å². The number of para-hydroxylation sites is 1. The highest BCUT2D eigenvalue weighted by Gasteiger charge is 2.18. The van der Waals surface area contributed by atoms with E-state index >= 15 is 0 Å². The predicted octanol–water partition coefficient (Wildman–Crippen LogP) is 6.67. The Morgan fingerprint density at radius 1 is 1.07 bits per heavy atom. The molecule has 0 saturated carbocycles. The molecule has 0 aliphatic rings. The summed E-state index contributed by atoms with van der Waals surface area (Å²) in [5.74, 6) is 2.95. The molecule has 0 radical (unpaired) electrons. The number of rotatable bonds is 7. The van der Waals surface area contributed by atoms with Crippen LogP contribution in [0.1, 0.15) is 23.6 Å². The van der Waals surface area contributed by atoms with E-state index in [0.717, 1.165) is 46.3 Å². The first-order valence-corrected chi connectivity index (χ1v) is 10.4. The van der Waals surface area contributed by atoms with E-state index in [9.17, 15) is 0 Å². The van der Waals surface area contributed by atoms with Gasteiger partial charge in [0.05, 0.1) is 22.8 Å². The van der Waals surface area contributed by atoms with Gasteiger partial charge in [0.2, 0.25) is 5.89 Å². The van der Waals surface area contributed by atoms with Crippen LogP contribution in [0.25, 0.3) is 22.8 Å². The van der Waals surface area contributed by atoms with Crippen LogP contribution < -0.4 is 4.74 Å². The molecule has 1 N–H and O–H groups in total. The monoisotopic (exact) mass is 441 g/mol. The van der Waals surface area contributed by atoms with Gasteiger partial charge in [-0.1, -0.05) is 47.5 Å². The minimum absolute atomic E-state index is 0.477. The Bertz CT molecular complexity index is 1170. The topological polar surface area (TPSA) is 63.9 Å². The summed E-state index contributed by atoms with van der Waals surface area (Å²) in [5.41, 5.74) is 3.44. The highest BCUT2D eigenvalue weighted by molar-refractivity contribution is 6.42. The van der Waals surface area contributed by atoms with E-state index < -0.39 is 0 Å². The summed E-state index contributed by atoms with van der Waals surface area (Å²) in [6.07, 6.45) is 3.16. The minimum atomic E-state index is 0.477. The fourth-order valence-electron chi connectivity index (χ4n) is 3.17. The first kappa shape index (κ1) is 20.5. The SMILES string of the molecule is Cc1ncc(-c2nc(-c3ccc(Cl)c(Cl)c3)c(CCCOc3ccccc3C)o2)[nH]1. The molecule has 0 aliphatic carbocycles. The molecule has 2 heterocycles. The second-order valence-electron chi connectivity index (χ2n) is 7.02. The quantitative estimate of drug-likeness (QED) is 0.325. The van der Waals surface area contributed by atoms with E-state index in [1.165, 1.54) is 0 Å². The van der Waals surface area contributed by atoms with E-state index in [-0.39, 0.29) is 0 Å². The largest absolute Gasteiger partial charge is 0.493 e. The summed E-state index contributed by atoms with van der Waals surface area (Å²) in [4.78, 5) is 12.1. The highest BCUT2D eigenvalue weighted by Crippen LogP contribution is 2.33. The lowest BCUT2D eigenvalue weighted by Crippen LogP contribution is -2.00. The van der Waals surface area contributed by atoms with Crippen molar-refractivity contribution in [1.29, 1.82) is 0 Å². The van der Waals surface area contributed by atoms with Crippen molar-refractivity contribution in [2.75, 3.05) is 6.61 Å². The van der Waals surface area contributed by atoms with Crippen molar-refractivity contribution < 1.29 is 9.15 Å². The van der Waals surface area contributed by atoms with Crippen LogP contribution in [-0.4, -0.2) is 21.6 Å². The van der Waals surface area contributed by atoms with Crippen molar-refractivity contribution in [2.24, 2.45) is 0 Å². The van der Waals surface area contributed by atoms with Crippen LogP contribution in [0, 0.1) is 13.8 Å². The number of H-pyrrole nitrogens is 1. The van der Waals surface area contributed by atoms with Crippen LogP contribution in [-0.2, 0) is 6.42 Å². The molecule has 0 saturated heterocycles. The number of nitrogens with zero attached hydrogens (tertiary/aromatic N) is 2. The first-order chi connectivity index (χ1) is 14.5. The lowest BCUT2D eigenvalue weighted by molar-refractivity contribution is 0.304. The lowest BCUT2D eigenvalue weighted by Gasteiger charge is -2.08. The van der Waals surface area contributed by atoms with Crippen LogP contribution in [0.4, 0.5) is 0 Å². The fourth-order valence-corrected chi connectivity index (χ4v) is 3.47. The summed E-state index contributed by atoms with van der Waals surface area (Å²) < 4.78 is 12.0. The van der Waals surface area contributed by atoms with Gasteiger partial charge in [-0.05, 0) is 44.0 Å². The van der Waals surface area contributed by atoms with E-state index in [4.69, 9.17) is 37.3 Å². The molecule has 0 spiro atoms. The molecule has 0 amide bonds. The average molecular weight is 442 g/mol. The molecule has 0 fully saturated rings. The average Bonchev–Trinajstić information content (AvgIpc) is 3.35. The molecular weight excluding hydrogens is 421 g/mol. The molecule has 4 aromatic rings. The van der Waals surface area contributed by atoms with Crippen molar-refractivity contribution in [3.8, 4) is 28.6 Å². The Morgan fingerprint density at radius 2 is 1.90 bits per heavy atom. The Morgan fingerprint density at radius 3 is 2.63 bits per heavy atom. The first-order valence-electron chi connectivity index (χ1n) is 9.67. The normalized spacial score (nSPS) is 11.1. The number of ether oxygens (including phenoxy) is 1. The van der Waals surface area contributed by atoms with Crippen molar-refractivity contribution in [3.05, 3.63) is 75.9 Å². The third-order valence-corrected chi connectivity index (χ3v) is 5.46.